The number of aromatic nitrogens is 1. The van der Waals surface area contributed by atoms with Gasteiger partial charge in [-0.25, -0.2) is 0 Å². The molecule has 0 radical (unpaired) electrons. The fraction of sp³-hybridized carbons (Fsp3) is 0.450. The molecule has 0 saturated heterocycles. The summed E-state index contributed by atoms with van der Waals surface area (Å²) >= 11 is 1.50. The summed E-state index contributed by atoms with van der Waals surface area (Å²) in [6, 6.07) is 1.94. The summed E-state index contributed by atoms with van der Waals surface area (Å²) in [5, 5.41) is 0. The molecule has 1 atom stereocenters. The van der Waals surface area contributed by atoms with Gasteiger partial charge in [-0.2, -0.15) is 0 Å². The number of fused-ring (bicyclic) bond motifs is 2. The molecule has 142 valence electrons. The van der Waals surface area contributed by atoms with Crippen LogP contribution in [0.25, 0.3) is 0 Å². The maximum atomic E-state index is 12.5. The molecule has 2 amide bonds. The van der Waals surface area contributed by atoms with Gasteiger partial charge in [-0.05, 0) is 62.1 Å². The van der Waals surface area contributed by atoms with Crippen LogP contribution in [0.15, 0.2) is 6.07 Å². The van der Waals surface area contributed by atoms with E-state index in [1.807, 2.05) is 6.07 Å². The SMILES string of the molecule is Cc1c(C(=O)NNC(=O)c2cc3c(s2)CCC(C)C3)[nH]c2c1C(=O)CCC2. The van der Waals surface area contributed by atoms with Gasteiger partial charge in [0.1, 0.15) is 5.69 Å². The van der Waals surface area contributed by atoms with Crippen LogP contribution >= 0.6 is 11.3 Å². The molecule has 0 bridgehead atoms. The van der Waals surface area contributed by atoms with Gasteiger partial charge < -0.3 is 4.98 Å². The molecule has 27 heavy (non-hydrogen) atoms. The molecule has 6 nitrogen and oxygen atoms in total. The number of hydrogen-bond acceptors (Lipinski definition) is 4. The standard InChI is InChI=1S/C20H23N3O3S/c1-10-6-7-15-12(8-10)9-16(27-15)19(25)22-23-20(26)18-11(2)17-13(21-18)4-3-5-14(17)24/h9-10,21H,3-8H2,1-2H3,(H,22,25)(H,23,26). The molecule has 3 N–H and O–H groups in total. The molecule has 0 spiro atoms. The number of aryl methyl sites for hydroxylation is 2. The number of nitrogens with one attached hydrogen (secondary N) is 3. The van der Waals surface area contributed by atoms with Crippen molar-refractivity contribution in [3.05, 3.63) is 43.9 Å². The Morgan fingerprint density at radius 1 is 1.19 bits per heavy atom. The average Bonchev–Trinajstić information content (AvgIpc) is 3.21. The maximum absolute atomic E-state index is 12.5. The Morgan fingerprint density at radius 3 is 2.74 bits per heavy atom. The van der Waals surface area contributed by atoms with Gasteiger partial charge in [0.15, 0.2) is 5.78 Å². The van der Waals surface area contributed by atoms with Gasteiger partial charge in [0.25, 0.3) is 11.8 Å². The van der Waals surface area contributed by atoms with Crippen LogP contribution in [0.3, 0.4) is 0 Å². The Kier molecular flexibility index (Phi) is 4.63. The minimum absolute atomic E-state index is 0.0754. The first-order valence-electron chi connectivity index (χ1n) is 9.41. The van der Waals surface area contributed by atoms with Crippen LogP contribution in [0.5, 0.6) is 0 Å². The maximum Gasteiger partial charge on any atom is 0.286 e. The van der Waals surface area contributed by atoms with Gasteiger partial charge in [-0.3, -0.25) is 25.2 Å². The molecule has 0 aromatic carbocycles. The van der Waals surface area contributed by atoms with E-state index in [2.05, 4.69) is 22.8 Å². The van der Waals surface area contributed by atoms with Crippen molar-refractivity contribution in [3.8, 4) is 0 Å². The monoisotopic (exact) mass is 385 g/mol. The van der Waals surface area contributed by atoms with Crippen LogP contribution in [0.4, 0.5) is 0 Å². The first-order valence-corrected chi connectivity index (χ1v) is 10.2. The lowest BCUT2D eigenvalue weighted by molar-refractivity contribution is 0.0846. The molecular weight excluding hydrogens is 362 g/mol. The second kappa shape index (κ2) is 6.96. The Balaban J connectivity index is 1.44. The van der Waals surface area contributed by atoms with Crippen LogP contribution in [-0.4, -0.2) is 22.6 Å². The van der Waals surface area contributed by atoms with Crippen LogP contribution < -0.4 is 10.9 Å². The normalized spacial score (nSPS) is 18.6. The number of hydrazine groups is 1. The van der Waals surface area contributed by atoms with Crippen molar-refractivity contribution in [1.29, 1.82) is 0 Å². The van der Waals surface area contributed by atoms with Crippen molar-refractivity contribution in [2.75, 3.05) is 0 Å². The summed E-state index contributed by atoms with van der Waals surface area (Å²) in [6.07, 6.45) is 5.26. The molecule has 2 aromatic heterocycles. The molecular formula is C20H23N3O3S. The van der Waals surface area contributed by atoms with E-state index in [9.17, 15) is 14.4 Å². The van der Waals surface area contributed by atoms with E-state index in [0.29, 0.717) is 34.0 Å². The van der Waals surface area contributed by atoms with E-state index >= 15 is 0 Å². The summed E-state index contributed by atoms with van der Waals surface area (Å²) < 4.78 is 0. The highest BCUT2D eigenvalue weighted by Crippen LogP contribution is 2.32. The number of ketones is 1. The third-order valence-electron chi connectivity index (χ3n) is 5.51. The number of carbonyl (C=O) groups is 3. The van der Waals surface area contributed by atoms with Crippen molar-refractivity contribution < 1.29 is 14.4 Å². The molecule has 1 unspecified atom stereocenters. The highest BCUT2D eigenvalue weighted by atomic mass is 32.1. The van der Waals surface area contributed by atoms with E-state index in [4.69, 9.17) is 0 Å². The Hall–Kier alpha value is -2.41. The Bertz CT molecular complexity index is 941. The molecule has 7 heteroatoms. The van der Waals surface area contributed by atoms with E-state index in [1.165, 1.54) is 21.8 Å². The number of Topliss-reactive ketones (excluding diaryl/α,β-unsaturated/α-hetero) is 1. The van der Waals surface area contributed by atoms with Crippen LogP contribution in [0, 0.1) is 12.8 Å². The van der Waals surface area contributed by atoms with E-state index in [-0.39, 0.29) is 11.7 Å². The molecule has 0 aliphatic heterocycles. The predicted molar refractivity (Wildman–Crippen MR) is 103 cm³/mol. The quantitative estimate of drug-likeness (QED) is 0.694. The second-order valence-electron chi connectivity index (χ2n) is 7.57. The van der Waals surface area contributed by atoms with Crippen molar-refractivity contribution in [3.63, 3.8) is 0 Å². The summed E-state index contributed by atoms with van der Waals surface area (Å²) in [4.78, 5) is 42.0. The van der Waals surface area contributed by atoms with Crippen molar-refractivity contribution >= 4 is 28.9 Å². The molecule has 0 fully saturated rings. The lowest BCUT2D eigenvalue weighted by Gasteiger charge is -2.16. The van der Waals surface area contributed by atoms with Crippen LogP contribution in [0.2, 0.25) is 0 Å². The zero-order chi connectivity index (χ0) is 19.1. The number of thiophene rings is 1. The molecule has 2 heterocycles. The number of H-pyrrole nitrogens is 1. The van der Waals surface area contributed by atoms with Crippen molar-refractivity contribution in [2.24, 2.45) is 5.92 Å². The minimum Gasteiger partial charge on any atom is -0.354 e. The van der Waals surface area contributed by atoms with E-state index in [1.54, 1.807) is 6.92 Å². The lowest BCUT2D eigenvalue weighted by Crippen LogP contribution is -2.41. The number of amides is 2. The molecule has 0 saturated carbocycles. The van der Waals surface area contributed by atoms with Gasteiger partial charge in [0, 0.05) is 22.6 Å². The second-order valence-corrected chi connectivity index (χ2v) is 8.71. The molecule has 2 aliphatic carbocycles. The van der Waals surface area contributed by atoms with E-state index in [0.717, 1.165) is 37.8 Å². The largest absolute Gasteiger partial charge is 0.354 e. The Labute approximate surface area is 161 Å². The Morgan fingerprint density at radius 2 is 1.96 bits per heavy atom. The number of hydrogen-bond donors (Lipinski definition) is 3. The summed E-state index contributed by atoms with van der Waals surface area (Å²) in [5.41, 5.74) is 8.69. The summed E-state index contributed by atoms with van der Waals surface area (Å²) in [5.74, 6) is -0.0164. The van der Waals surface area contributed by atoms with Crippen molar-refractivity contribution in [1.82, 2.24) is 15.8 Å². The number of aromatic amines is 1. The lowest BCUT2D eigenvalue weighted by atomic mass is 9.90. The third-order valence-corrected chi connectivity index (χ3v) is 6.74. The smallest absolute Gasteiger partial charge is 0.286 e. The van der Waals surface area contributed by atoms with Crippen molar-refractivity contribution in [2.45, 2.75) is 52.4 Å². The average molecular weight is 385 g/mol. The highest BCUT2D eigenvalue weighted by molar-refractivity contribution is 7.14. The first kappa shape index (κ1) is 18.0. The van der Waals surface area contributed by atoms with Crippen LogP contribution in [0.1, 0.15) is 78.4 Å². The van der Waals surface area contributed by atoms with Gasteiger partial charge in [0.2, 0.25) is 0 Å². The van der Waals surface area contributed by atoms with Gasteiger partial charge in [-0.1, -0.05) is 6.92 Å². The van der Waals surface area contributed by atoms with Gasteiger partial charge in [0.05, 0.1) is 4.88 Å². The van der Waals surface area contributed by atoms with Gasteiger partial charge >= 0.3 is 0 Å². The fourth-order valence-corrected chi connectivity index (χ4v) is 5.16. The van der Waals surface area contributed by atoms with Crippen LogP contribution in [-0.2, 0) is 19.3 Å². The molecule has 2 aliphatic rings. The topological polar surface area (TPSA) is 91.1 Å². The third kappa shape index (κ3) is 3.32. The molecule has 4 rings (SSSR count). The zero-order valence-corrected chi connectivity index (χ0v) is 16.3. The summed E-state index contributed by atoms with van der Waals surface area (Å²) in [7, 11) is 0. The minimum atomic E-state index is -0.432. The highest BCUT2D eigenvalue weighted by Gasteiger charge is 2.27. The fourth-order valence-electron chi connectivity index (χ4n) is 4.06. The number of rotatable bonds is 2. The number of carbonyl (C=O) groups excluding carboxylic acids is 3. The summed E-state index contributed by atoms with van der Waals surface area (Å²) in [6.45, 7) is 3.99. The molecule has 2 aromatic rings. The zero-order valence-electron chi connectivity index (χ0n) is 15.5. The first-order chi connectivity index (χ1) is 12.9. The van der Waals surface area contributed by atoms with E-state index < -0.39 is 5.91 Å². The predicted octanol–water partition coefficient (Wildman–Crippen LogP) is 3.10. The van der Waals surface area contributed by atoms with Gasteiger partial charge in [-0.15, -0.1) is 11.3 Å².